The molecule has 4 rings (SSSR count). The van der Waals surface area contributed by atoms with Gasteiger partial charge >= 0.3 is 0 Å². The minimum Gasteiger partial charge on any atom is -0.379 e. The predicted molar refractivity (Wildman–Crippen MR) is 99.5 cm³/mol. The second-order valence-electron chi connectivity index (χ2n) is 6.63. The molecule has 0 spiro atoms. The third-order valence-electron chi connectivity index (χ3n) is 4.96. The van der Waals surface area contributed by atoms with Gasteiger partial charge in [-0.15, -0.1) is 0 Å². The number of rotatable bonds is 5. The van der Waals surface area contributed by atoms with Crippen molar-refractivity contribution in [2.24, 2.45) is 5.92 Å². The SMILES string of the molecule is O=c1[nH]cnc2cc(NCCC3Cc4ccccc4C3)c([N+](=O)[O-])cc12. The molecule has 0 fully saturated rings. The van der Waals surface area contributed by atoms with Gasteiger partial charge in [0.2, 0.25) is 0 Å². The highest BCUT2D eigenvalue weighted by Gasteiger charge is 2.21. The number of benzene rings is 2. The number of hydrogen-bond acceptors (Lipinski definition) is 5. The molecule has 2 N–H and O–H groups in total. The third-order valence-corrected chi connectivity index (χ3v) is 4.96. The summed E-state index contributed by atoms with van der Waals surface area (Å²) in [5, 5.41) is 14.8. The molecule has 1 heterocycles. The normalized spacial score (nSPS) is 13.7. The minimum atomic E-state index is -0.473. The van der Waals surface area contributed by atoms with Crippen LogP contribution in [-0.4, -0.2) is 21.4 Å². The summed E-state index contributed by atoms with van der Waals surface area (Å²) < 4.78 is 0. The number of anilines is 1. The summed E-state index contributed by atoms with van der Waals surface area (Å²) in [4.78, 5) is 29.3. The van der Waals surface area contributed by atoms with Crippen LogP contribution in [-0.2, 0) is 12.8 Å². The Balaban J connectivity index is 1.50. The Hall–Kier alpha value is -3.22. The maximum absolute atomic E-state index is 11.8. The predicted octanol–water partition coefficient (Wildman–Crippen LogP) is 3.05. The molecule has 1 aliphatic carbocycles. The van der Waals surface area contributed by atoms with Crippen LogP contribution >= 0.6 is 0 Å². The van der Waals surface area contributed by atoms with E-state index in [9.17, 15) is 14.9 Å². The number of aromatic nitrogens is 2. The molecule has 0 radical (unpaired) electrons. The van der Waals surface area contributed by atoms with Crippen LogP contribution in [0.5, 0.6) is 0 Å². The maximum atomic E-state index is 11.8. The van der Waals surface area contributed by atoms with Crippen molar-refractivity contribution < 1.29 is 4.92 Å². The average Bonchev–Trinajstić information content (AvgIpc) is 3.04. The van der Waals surface area contributed by atoms with E-state index in [2.05, 4.69) is 39.6 Å². The largest absolute Gasteiger partial charge is 0.379 e. The standard InChI is InChI=1S/C19H18N4O3/c24-19-15-9-18(23(25)26)17(10-16(15)21-11-22-19)20-6-5-12-7-13-3-1-2-4-14(13)8-12/h1-4,9-12,20H,5-8H2,(H,21,22,24). The Bertz CT molecular complexity index is 1020. The molecule has 132 valence electrons. The van der Waals surface area contributed by atoms with Crippen molar-refractivity contribution in [1.82, 2.24) is 9.97 Å². The molecule has 2 aromatic carbocycles. The third kappa shape index (κ3) is 3.03. The van der Waals surface area contributed by atoms with Crippen LogP contribution in [0, 0.1) is 16.0 Å². The lowest BCUT2D eigenvalue weighted by atomic mass is 10.0. The van der Waals surface area contributed by atoms with Crippen molar-refractivity contribution in [3.63, 3.8) is 0 Å². The van der Waals surface area contributed by atoms with Gasteiger partial charge in [0.1, 0.15) is 5.69 Å². The summed E-state index contributed by atoms with van der Waals surface area (Å²) in [6, 6.07) is 11.3. The minimum absolute atomic E-state index is 0.106. The van der Waals surface area contributed by atoms with E-state index in [0.717, 1.165) is 19.3 Å². The van der Waals surface area contributed by atoms with Gasteiger partial charge < -0.3 is 10.3 Å². The lowest BCUT2D eigenvalue weighted by Gasteiger charge is -2.11. The van der Waals surface area contributed by atoms with Crippen LogP contribution in [0.25, 0.3) is 10.9 Å². The maximum Gasteiger partial charge on any atom is 0.293 e. The highest BCUT2D eigenvalue weighted by atomic mass is 16.6. The lowest BCUT2D eigenvalue weighted by Crippen LogP contribution is -2.12. The highest BCUT2D eigenvalue weighted by Crippen LogP contribution is 2.30. The first-order valence-corrected chi connectivity index (χ1v) is 8.58. The van der Waals surface area contributed by atoms with Crippen molar-refractivity contribution >= 4 is 22.3 Å². The van der Waals surface area contributed by atoms with E-state index in [-0.39, 0.29) is 16.6 Å². The van der Waals surface area contributed by atoms with Crippen LogP contribution in [0.3, 0.4) is 0 Å². The lowest BCUT2D eigenvalue weighted by molar-refractivity contribution is -0.383. The summed E-state index contributed by atoms with van der Waals surface area (Å²) in [7, 11) is 0. The summed E-state index contributed by atoms with van der Waals surface area (Å²) in [5.41, 5.74) is 3.15. The first-order valence-electron chi connectivity index (χ1n) is 8.58. The number of hydrogen-bond donors (Lipinski definition) is 2. The van der Waals surface area contributed by atoms with Gasteiger partial charge in [0, 0.05) is 12.6 Å². The van der Waals surface area contributed by atoms with Crippen molar-refractivity contribution in [3.05, 3.63) is 74.3 Å². The Morgan fingerprint density at radius 3 is 2.65 bits per heavy atom. The molecule has 0 unspecified atom stereocenters. The summed E-state index contributed by atoms with van der Waals surface area (Å²) in [5.74, 6) is 0.542. The van der Waals surface area contributed by atoms with Crippen molar-refractivity contribution in [1.29, 1.82) is 0 Å². The van der Waals surface area contributed by atoms with Gasteiger partial charge in [-0.25, -0.2) is 4.98 Å². The van der Waals surface area contributed by atoms with Gasteiger partial charge in [0.25, 0.3) is 11.2 Å². The zero-order valence-electron chi connectivity index (χ0n) is 14.1. The number of H-pyrrole nitrogens is 1. The van der Waals surface area contributed by atoms with Crippen LogP contribution < -0.4 is 10.9 Å². The van der Waals surface area contributed by atoms with E-state index < -0.39 is 4.92 Å². The van der Waals surface area contributed by atoms with Crippen LogP contribution in [0.2, 0.25) is 0 Å². The quantitative estimate of drug-likeness (QED) is 0.544. The van der Waals surface area contributed by atoms with E-state index in [1.165, 1.54) is 23.5 Å². The molecule has 0 saturated heterocycles. The van der Waals surface area contributed by atoms with Gasteiger partial charge in [-0.3, -0.25) is 14.9 Å². The molecular formula is C19H18N4O3. The molecule has 1 aromatic heterocycles. The van der Waals surface area contributed by atoms with E-state index >= 15 is 0 Å². The fourth-order valence-electron chi connectivity index (χ4n) is 3.66. The van der Waals surface area contributed by atoms with Crippen LogP contribution in [0.4, 0.5) is 11.4 Å². The number of nitro groups is 1. The van der Waals surface area contributed by atoms with Crippen molar-refractivity contribution in [2.45, 2.75) is 19.3 Å². The van der Waals surface area contributed by atoms with E-state index in [1.807, 2.05) is 0 Å². The molecule has 0 amide bonds. The molecular weight excluding hydrogens is 332 g/mol. The number of fused-ring (bicyclic) bond motifs is 2. The topological polar surface area (TPSA) is 101 Å². The molecule has 0 bridgehead atoms. The molecule has 0 saturated carbocycles. The number of nitro benzene ring substituents is 1. The van der Waals surface area contributed by atoms with Gasteiger partial charge in [-0.05, 0) is 42.4 Å². The van der Waals surface area contributed by atoms with Gasteiger partial charge in [0.15, 0.2) is 0 Å². The number of nitrogens with one attached hydrogen (secondary N) is 2. The van der Waals surface area contributed by atoms with Crippen molar-refractivity contribution in [3.8, 4) is 0 Å². The summed E-state index contributed by atoms with van der Waals surface area (Å²) >= 11 is 0. The Morgan fingerprint density at radius 1 is 1.23 bits per heavy atom. The molecule has 3 aromatic rings. The van der Waals surface area contributed by atoms with Crippen molar-refractivity contribution in [2.75, 3.05) is 11.9 Å². The first-order chi connectivity index (χ1) is 12.6. The Kier molecular flexibility index (Phi) is 4.12. The fourth-order valence-corrected chi connectivity index (χ4v) is 3.66. The zero-order chi connectivity index (χ0) is 18.1. The average molecular weight is 350 g/mol. The van der Waals surface area contributed by atoms with E-state index in [1.54, 1.807) is 6.07 Å². The monoisotopic (exact) mass is 350 g/mol. The molecule has 7 nitrogen and oxygen atoms in total. The molecule has 0 aliphatic heterocycles. The molecule has 26 heavy (non-hydrogen) atoms. The number of aromatic amines is 1. The van der Waals surface area contributed by atoms with E-state index in [4.69, 9.17) is 0 Å². The van der Waals surface area contributed by atoms with Gasteiger partial charge in [-0.1, -0.05) is 24.3 Å². The first kappa shape index (κ1) is 16.3. The van der Waals surface area contributed by atoms with E-state index in [0.29, 0.717) is 23.7 Å². The highest BCUT2D eigenvalue weighted by molar-refractivity contribution is 5.86. The summed E-state index contributed by atoms with van der Waals surface area (Å²) in [6.45, 7) is 0.633. The number of nitrogens with zero attached hydrogens (tertiary/aromatic N) is 2. The molecule has 7 heteroatoms. The summed E-state index contributed by atoms with van der Waals surface area (Å²) in [6.07, 6.45) is 4.33. The second kappa shape index (κ2) is 6.59. The fraction of sp³-hybridized carbons (Fsp3) is 0.263. The van der Waals surface area contributed by atoms with Crippen LogP contribution in [0.1, 0.15) is 17.5 Å². The van der Waals surface area contributed by atoms with Gasteiger partial charge in [0.05, 0.1) is 22.2 Å². The smallest absolute Gasteiger partial charge is 0.293 e. The molecule has 1 aliphatic rings. The Morgan fingerprint density at radius 2 is 1.96 bits per heavy atom. The van der Waals surface area contributed by atoms with Gasteiger partial charge in [-0.2, -0.15) is 0 Å². The zero-order valence-corrected chi connectivity index (χ0v) is 14.1. The Labute approximate surface area is 149 Å². The van der Waals surface area contributed by atoms with Crippen LogP contribution in [0.15, 0.2) is 47.5 Å². The second-order valence-corrected chi connectivity index (χ2v) is 6.63. The molecule has 0 atom stereocenters.